The van der Waals surface area contributed by atoms with Gasteiger partial charge in [-0.1, -0.05) is 24.3 Å². The Morgan fingerprint density at radius 3 is 3.19 bits per heavy atom. The highest BCUT2D eigenvalue weighted by Gasteiger charge is 2.21. The number of nitrogens with zero attached hydrogens (tertiary/aromatic N) is 3. The lowest BCUT2D eigenvalue weighted by Gasteiger charge is -2.18. The maximum atomic E-state index is 4.35. The fourth-order valence-electron chi connectivity index (χ4n) is 3.30. The van der Waals surface area contributed by atoms with Crippen LogP contribution in [-0.4, -0.2) is 26.3 Å². The zero-order valence-electron chi connectivity index (χ0n) is 12.1. The molecule has 1 aromatic heterocycles. The molecule has 3 heterocycles. The van der Waals surface area contributed by atoms with Gasteiger partial charge in [0.15, 0.2) is 0 Å². The van der Waals surface area contributed by atoms with E-state index in [1.807, 2.05) is 11.8 Å². The van der Waals surface area contributed by atoms with E-state index < -0.39 is 0 Å². The molecule has 1 N–H and O–H groups in total. The quantitative estimate of drug-likeness (QED) is 0.945. The molecule has 2 aliphatic heterocycles. The van der Waals surface area contributed by atoms with E-state index in [1.165, 1.54) is 29.7 Å². The predicted molar refractivity (Wildman–Crippen MR) is 85.4 cm³/mol. The predicted octanol–water partition coefficient (Wildman–Crippen LogP) is 2.34. The Hall–Kier alpha value is -1.33. The summed E-state index contributed by atoms with van der Waals surface area (Å²) < 4.78 is 2.28. The SMILES string of the molecule is c1ccc2c(c1)CCSC[C@H]2NCc1nnc2n1CCC2. The van der Waals surface area contributed by atoms with E-state index >= 15 is 0 Å². The van der Waals surface area contributed by atoms with E-state index in [1.54, 1.807) is 0 Å². The van der Waals surface area contributed by atoms with Gasteiger partial charge in [-0.15, -0.1) is 10.2 Å². The van der Waals surface area contributed by atoms with Crippen LogP contribution >= 0.6 is 11.8 Å². The van der Waals surface area contributed by atoms with Crippen molar-refractivity contribution in [1.29, 1.82) is 0 Å². The van der Waals surface area contributed by atoms with Gasteiger partial charge in [-0.2, -0.15) is 11.8 Å². The van der Waals surface area contributed by atoms with Gasteiger partial charge in [-0.25, -0.2) is 0 Å². The first kappa shape index (κ1) is 13.3. The number of rotatable bonds is 3. The summed E-state index contributed by atoms with van der Waals surface area (Å²) in [5.74, 6) is 4.60. The highest BCUT2D eigenvalue weighted by atomic mass is 32.2. The monoisotopic (exact) mass is 300 g/mol. The summed E-state index contributed by atoms with van der Waals surface area (Å²) in [6.45, 7) is 1.89. The molecule has 0 bridgehead atoms. The van der Waals surface area contributed by atoms with Gasteiger partial charge in [-0.3, -0.25) is 0 Å². The van der Waals surface area contributed by atoms with E-state index in [2.05, 4.69) is 44.3 Å². The van der Waals surface area contributed by atoms with Gasteiger partial charge in [0.1, 0.15) is 11.6 Å². The van der Waals surface area contributed by atoms with Crippen LogP contribution in [0.2, 0.25) is 0 Å². The molecule has 0 unspecified atom stereocenters. The Balaban J connectivity index is 1.51. The number of aromatic nitrogens is 3. The molecule has 0 amide bonds. The smallest absolute Gasteiger partial charge is 0.147 e. The molecule has 0 saturated heterocycles. The molecule has 0 spiro atoms. The van der Waals surface area contributed by atoms with Crippen LogP contribution < -0.4 is 5.32 Å². The van der Waals surface area contributed by atoms with Crippen LogP contribution in [0, 0.1) is 0 Å². The fraction of sp³-hybridized carbons (Fsp3) is 0.500. The molecule has 4 nitrogen and oxygen atoms in total. The average molecular weight is 300 g/mol. The van der Waals surface area contributed by atoms with Crippen molar-refractivity contribution in [2.24, 2.45) is 0 Å². The lowest BCUT2D eigenvalue weighted by molar-refractivity contribution is 0.543. The molecule has 0 aliphatic carbocycles. The van der Waals surface area contributed by atoms with Crippen molar-refractivity contribution in [3.8, 4) is 0 Å². The number of thioether (sulfide) groups is 1. The number of aryl methyl sites for hydroxylation is 2. The van der Waals surface area contributed by atoms with Crippen LogP contribution in [0.25, 0.3) is 0 Å². The molecule has 0 saturated carbocycles. The number of nitrogens with one attached hydrogen (secondary N) is 1. The van der Waals surface area contributed by atoms with Crippen molar-refractivity contribution in [1.82, 2.24) is 20.1 Å². The van der Waals surface area contributed by atoms with Gasteiger partial charge in [0.25, 0.3) is 0 Å². The van der Waals surface area contributed by atoms with Crippen molar-refractivity contribution in [3.63, 3.8) is 0 Å². The van der Waals surface area contributed by atoms with Crippen LogP contribution in [0.1, 0.15) is 35.2 Å². The molecular formula is C16H20N4S. The van der Waals surface area contributed by atoms with Crippen LogP contribution in [0.4, 0.5) is 0 Å². The largest absolute Gasteiger partial charge is 0.314 e. The summed E-state index contributed by atoms with van der Waals surface area (Å²) in [6.07, 6.45) is 3.47. The Bertz CT molecular complexity index is 637. The van der Waals surface area contributed by atoms with Crippen molar-refractivity contribution < 1.29 is 0 Å². The van der Waals surface area contributed by atoms with Crippen molar-refractivity contribution in [3.05, 3.63) is 47.0 Å². The molecule has 21 heavy (non-hydrogen) atoms. The number of fused-ring (bicyclic) bond motifs is 2. The third-order valence-electron chi connectivity index (χ3n) is 4.42. The minimum Gasteiger partial charge on any atom is -0.314 e. The molecule has 1 atom stereocenters. The summed E-state index contributed by atoms with van der Waals surface area (Å²) in [5, 5.41) is 12.3. The van der Waals surface area contributed by atoms with Crippen molar-refractivity contribution >= 4 is 11.8 Å². The van der Waals surface area contributed by atoms with Crippen LogP contribution in [0.15, 0.2) is 24.3 Å². The van der Waals surface area contributed by atoms with Crippen LogP contribution in [-0.2, 0) is 25.9 Å². The summed E-state index contributed by atoms with van der Waals surface area (Å²) in [6, 6.07) is 9.26. The summed E-state index contributed by atoms with van der Waals surface area (Å²) in [4.78, 5) is 0. The molecule has 0 fully saturated rings. The van der Waals surface area contributed by atoms with E-state index in [9.17, 15) is 0 Å². The fourth-order valence-corrected chi connectivity index (χ4v) is 4.36. The second-order valence-electron chi connectivity index (χ2n) is 5.74. The molecule has 2 aliphatic rings. The zero-order chi connectivity index (χ0) is 14.1. The first-order valence-electron chi connectivity index (χ1n) is 7.72. The van der Waals surface area contributed by atoms with Gasteiger partial charge >= 0.3 is 0 Å². The Morgan fingerprint density at radius 2 is 2.19 bits per heavy atom. The van der Waals surface area contributed by atoms with Crippen LogP contribution in [0.5, 0.6) is 0 Å². The molecule has 5 heteroatoms. The summed E-state index contributed by atoms with van der Waals surface area (Å²) in [5.41, 5.74) is 2.95. The highest BCUT2D eigenvalue weighted by molar-refractivity contribution is 7.99. The number of hydrogen-bond acceptors (Lipinski definition) is 4. The van der Waals surface area contributed by atoms with Gasteiger partial charge in [0, 0.05) is 24.8 Å². The normalized spacial score (nSPS) is 20.9. The molecule has 4 rings (SSSR count). The topological polar surface area (TPSA) is 42.7 Å². The third-order valence-corrected chi connectivity index (χ3v) is 5.49. The number of benzene rings is 1. The minimum absolute atomic E-state index is 0.419. The Morgan fingerprint density at radius 1 is 1.24 bits per heavy atom. The van der Waals surface area contributed by atoms with Crippen LogP contribution in [0.3, 0.4) is 0 Å². The van der Waals surface area contributed by atoms with Gasteiger partial charge in [0.2, 0.25) is 0 Å². The maximum absolute atomic E-state index is 4.35. The van der Waals surface area contributed by atoms with Crippen molar-refractivity contribution in [2.75, 3.05) is 11.5 Å². The Labute approximate surface area is 129 Å². The molecule has 1 aromatic carbocycles. The average Bonchev–Trinajstić information content (AvgIpc) is 3.05. The minimum atomic E-state index is 0.419. The lowest BCUT2D eigenvalue weighted by Crippen LogP contribution is -2.25. The lowest BCUT2D eigenvalue weighted by atomic mass is 10.00. The first-order chi connectivity index (χ1) is 10.4. The van der Waals surface area contributed by atoms with Gasteiger partial charge in [-0.05, 0) is 29.7 Å². The second kappa shape index (κ2) is 5.81. The number of hydrogen-bond donors (Lipinski definition) is 1. The van der Waals surface area contributed by atoms with Crippen molar-refractivity contribution in [2.45, 2.75) is 38.4 Å². The van der Waals surface area contributed by atoms with E-state index in [4.69, 9.17) is 0 Å². The second-order valence-corrected chi connectivity index (χ2v) is 6.89. The highest BCUT2D eigenvalue weighted by Crippen LogP contribution is 2.27. The summed E-state index contributed by atoms with van der Waals surface area (Å²) >= 11 is 2.04. The molecule has 0 radical (unpaired) electrons. The maximum Gasteiger partial charge on any atom is 0.147 e. The standard InChI is InChI=1S/C16H20N4S/c1-2-5-13-12(4-1)7-9-21-11-14(13)17-10-16-19-18-15-6-3-8-20(15)16/h1-2,4-5,14,17H,3,6-11H2/t14-/m1/s1. The molecular weight excluding hydrogens is 280 g/mol. The van der Waals surface area contributed by atoms with E-state index in [0.29, 0.717) is 6.04 Å². The Kier molecular flexibility index (Phi) is 3.69. The van der Waals surface area contributed by atoms with Gasteiger partial charge < -0.3 is 9.88 Å². The van der Waals surface area contributed by atoms with E-state index in [-0.39, 0.29) is 0 Å². The first-order valence-corrected chi connectivity index (χ1v) is 8.87. The molecule has 2 aromatic rings. The molecule has 110 valence electrons. The third kappa shape index (κ3) is 2.60. The zero-order valence-corrected chi connectivity index (χ0v) is 12.9. The van der Waals surface area contributed by atoms with E-state index in [0.717, 1.165) is 36.9 Å². The summed E-state index contributed by atoms with van der Waals surface area (Å²) in [7, 11) is 0. The van der Waals surface area contributed by atoms with Gasteiger partial charge in [0.05, 0.1) is 6.54 Å².